The fraction of sp³-hybridized carbons (Fsp3) is 0.917. The normalized spacial score (nSPS) is 42.4. The smallest absolute Gasteiger partial charge is 0.306 e. The van der Waals surface area contributed by atoms with Crippen molar-refractivity contribution in [2.24, 2.45) is 17.3 Å². The molecular weight excluding hydrogens is 176 g/mol. The number of hydrogen-bond donors (Lipinski definition) is 0. The quantitative estimate of drug-likeness (QED) is 0.603. The Balaban J connectivity index is 2.07. The summed E-state index contributed by atoms with van der Waals surface area (Å²) in [6.07, 6.45) is 4.39. The lowest BCUT2D eigenvalue weighted by molar-refractivity contribution is -0.143. The fourth-order valence-corrected chi connectivity index (χ4v) is 2.76. The lowest BCUT2D eigenvalue weighted by Gasteiger charge is -2.41. The molecular formula is C12H20O2. The predicted octanol–water partition coefficient (Wildman–Crippen LogP) is 2.76. The Labute approximate surface area is 86.0 Å². The number of rotatable bonds is 1. The highest BCUT2D eigenvalue weighted by atomic mass is 16.5. The summed E-state index contributed by atoms with van der Waals surface area (Å²) in [6, 6.07) is 0. The zero-order valence-corrected chi connectivity index (χ0v) is 9.38. The van der Waals surface area contributed by atoms with Crippen LogP contribution in [0.25, 0.3) is 0 Å². The van der Waals surface area contributed by atoms with Crippen LogP contribution in [-0.2, 0) is 9.53 Å². The van der Waals surface area contributed by atoms with Crippen molar-refractivity contribution in [2.75, 3.05) is 0 Å². The van der Waals surface area contributed by atoms with Gasteiger partial charge in [0.2, 0.25) is 0 Å². The second-order valence-corrected chi connectivity index (χ2v) is 5.54. The maximum absolute atomic E-state index is 11.2. The van der Waals surface area contributed by atoms with Crippen LogP contribution >= 0.6 is 0 Å². The van der Waals surface area contributed by atoms with Crippen molar-refractivity contribution in [2.45, 2.75) is 52.6 Å². The van der Waals surface area contributed by atoms with Crippen molar-refractivity contribution in [3.05, 3.63) is 0 Å². The maximum Gasteiger partial charge on any atom is 0.306 e. The van der Waals surface area contributed by atoms with Gasteiger partial charge in [-0.2, -0.15) is 0 Å². The molecule has 80 valence electrons. The largest absolute Gasteiger partial charge is 0.462 e. The first-order valence-corrected chi connectivity index (χ1v) is 5.71. The van der Waals surface area contributed by atoms with Gasteiger partial charge in [0.05, 0.1) is 6.42 Å². The van der Waals surface area contributed by atoms with Crippen molar-refractivity contribution >= 4 is 5.97 Å². The monoisotopic (exact) mass is 196 g/mol. The van der Waals surface area contributed by atoms with Gasteiger partial charge in [-0.05, 0) is 30.6 Å². The van der Waals surface area contributed by atoms with Gasteiger partial charge in [0.15, 0.2) is 0 Å². The first-order valence-electron chi connectivity index (χ1n) is 5.71. The number of esters is 1. The second-order valence-electron chi connectivity index (χ2n) is 5.54. The Kier molecular flexibility index (Phi) is 2.32. The molecule has 1 heterocycles. The van der Waals surface area contributed by atoms with Crippen LogP contribution in [0.1, 0.15) is 46.5 Å². The minimum Gasteiger partial charge on any atom is -0.462 e. The molecule has 2 rings (SSSR count). The minimum atomic E-state index is 0.0213. The summed E-state index contributed by atoms with van der Waals surface area (Å²) in [6.45, 7) is 6.88. The van der Waals surface area contributed by atoms with E-state index in [9.17, 15) is 4.79 Å². The molecule has 2 nitrogen and oxygen atoms in total. The molecule has 3 unspecified atom stereocenters. The molecule has 3 atom stereocenters. The number of hydrogen-bond acceptors (Lipinski definition) is 2. The van der Waals surface area contributed by atoms with E-state index in [1.165, 1.54) is 12.8 Å². The summed E-state index contributed by atoms with van der Waals surface area (Å²) in [5, 5.41) is 0. The third-order valence-electron chi connectivity index (χ3n) is 4.39. The van der Waals surface area contributed by atoms with Crippen molar-refractivity contribution in [3.63, 3.8) is 0 Å². The molecule has 0 spiro atoms. The Hall–Kier alpha value is -0.530. The highest BCUT2D eigenvalue weighted by Gasteiger charge is 2.45. The molecule has 2 heteroatoms. The maximum atomic E-state index is 11.2. The van der Waals surface area contributed by atoms with E-state index in [2.05, 4.69) is 20.8 Å². The molecule has 1 saturated carbocycles. The van der Waals surface area contributed by atoms with Crippen molar-refractivity contribution < 1.29 is 9.53 Å². The topological polar surface area (TPSA) is 26.3 Å². The van der Waals surface area contributed by atoms with Gasteiger partial charge in [0.1, 0.15) is 6.10 Å². The molecule has 1 saturated heterocycles. The van der Waals surface area contributed by atoms with Crippen LogP contribution < -0.4 is 0 Å². The molecule has 0 radical (unpaired) electrons. The van der Waals surface area contributed by atoms with E-state index in [1.807, 2.05) is 0 Å². The fourth-order valence-electron chi connectivity index (χ4n) is 2.76. The molecule has 0 aromatic carbocycles. The van der Waals surface area contributed by atoms with E-state index in [4.69, 9.17) is 4.74 Å². The average Bonchev–Trinajstić information content (AvgIpc) is 2.43. The predicted molar refractivity (Wildman–Crippen MR) is 54.8 cm³/mol. The molecule has 2 aliphatic rings. The lowest BCUT2D eigenvalue weighted by Crippen LogP contribution is -2.36. The van der Waals surface area contributed by atoms with Crippen LogP contribution in [0.4, 0.5) is 0 Å². The standard InChI is InChI=1S/C12H20O2/c1-8(2)12(3)5-4-9-6-11(13)14-10(9)7-12/h8-10H,4-7H2,1-3H3. The van der Waals surface area contributed by atoms with E-state index in [0.29, 0.717) is 23.7 Å². The molecule has 0 bridgehead atoms. The van der Waals surface area contributed by atoms with Crippen molar-refractivity contribution in [1.29, 1.82) is 0 Å². The number of carbonyl (C=O) groups excluding carboxylic acids is 1. The average molecular weight is 196 g/mol. The summed E-state index contributed by atoms with van der Waals surface area (Å²) in [5.74, 6) is 1.23. The third-order valence-corrected chi connectivity index (χ3v) is 4.39. The molecule has 0 amide bonds. The summed E-state index contributed by atoms with van der Waals surface area (Å²) in [7, 11) is 0. The van der Waals surface area contributed by atoms with Gasteiger partial charge in [-0.25, -0.2) is 0 Å². The Morgan fingerprint density at radius 3 is 2.86 bits per heavy atom. The van der Waals surface area contributed by atoms with Gasteiger partial charge >= 0.3 is 5.97 Å². The van der Waals surface area contributed by atoms with Gasteiger partial charge in [0.25, 0.3) is 0 Å². The van der Waals surface area contributed by atoms with Crippen LogP contribution in [0.5, 0.6) is 0 Å². The van der Waals surface area contributed by atoms with E-state index in [0.717, 1.165) is 6.42 Å². The van der Waals surface area contributed by atoms with Crippen LogP contribution in [-0.4, -0.2) is 12.1 Å². The van der Waals surface area contributed by atoms with Gasteiger partial charge in [-0.1, -0.05) is 20.8 Å². The summed E-state index contributed by atoms with van der Waals surface area (Å²) >= 11 is 0. The highest BCUT2D eigenvalue weighted by molar-refractivity contribution is 5.72. The summed E-state index contributed by atoms with van der Waals surface area (Å²) in [4.78, 5) is 11.2. The first-order chi connectivity index (χ1) is 6.51. The highest BCUT2D eigenvalue weighted by Crippen LogP contribution is 2.47. The molecule has 1 aliphatic heterocycles. The second kappa shape index (κ2) is 3.25. The third kappa shape index (κ3) is 1.55. The number of carbonyl (C=O) groups is 1. The SMILES string of the molecule is CC(C)C1(C)CCC2CC(=O)OC2C1. The molecule has 0 aromatic heterocycles. The van der Waals surface area contributed by atoms with Crippen LogP contribution in [0.3, 0.4) is 0 Å². The Morgan fingerprint density at radius 1 is 1.50 bits per heavy atom. The Bertz CT molecular complexity index is 247. The van der Waals surface area contributed by atoms with Gasteiger partial charge in [0, 0.05) is 5.92 Å². The molecule has 0 aromatic rings. The lowest BCUT2D eigenvalue weighted by atomic mass is 9.65. The van der Waals surface area contributed by atoms with E-state index in [1.54, 1.807) is 0 Å². The Morgan fingerprint density at radius 2 is 2.21 bits per heavy atom. The minimum absolute atomic E-state index is 0.0213. The summed E-state index contributed by atoms with van der Waals surface area (Å²) in [5.41, 5.74) is 0.381. The van der Waals surface area contributed by atoms with E-state index >= 15 is 0 Å². The van der Waals surface area contributed by atoms with Crippen molar-refractivity contribution in [1.82, 2.24) is 0 Å². The van der Waals surface area contributed by atoms with E-state index in [-0.39, 0.29) is 12.1 Å². The van der Waals surface area contributed by atoms with Gasteiger partial charge in [-0.3, -0.25) is 4.79 Å². The molecule has 14 heavy (non-hydrogen) atoms. The first kappa shape index (κ1) is 10.0. The molecule has 0 N–H and O–H groups in total. The van der Waals surface area contributed by atoms with Crippen LogP contribution in [0, 0.1) is 17.3 Å². The van der Waals surface area contributed by atoms with Crippen LogP contribution in [0.2, 0.25) is 0 Å². The van der Waals surface area contributed by atoms with Crippen molar-refractivity contribution in [3.8, 4) is 0 Å². The number of ether oxygens (including phenoxy) is 1. The summed E-state index contributed by atoms with van der Waals surface area (Å²) < 4.78 is 5.37. The number of fused-ring (bicyclic) bond motifs is 1. The van der Waals surface area contributed by atoms with Crippen LogP contribution in [0.15, 0.2) is 0 Å². The zero-order chi connectivity index (χ0) is 10.3. The van der Waals surface area contributed by atoms with Gasteiger partial charge < -0.3 is 4.74 Å². The molecule has 1 aliphatic carbocycles. The molecule has 2 fully saturated rings. The van der Waals surface area contributed by atoms with Gasteiger partial charge in [-0.15, -0.1) is 0 Å². The zero-order valence-electron chi connectivity index (χ0n) is 9.38. The van der Waals surface area contributed by atoms with E-state index < -0.39 is 0 Å².